The molecule has 2 aromatic rings. The van der Waals surface area contributed by atoms with E-state index < -0.39 is 0 Å². The van der Waals surface area contributed by atoms with Crippen molar-refractivity contribution in [2.45, 2.75) is 18.9 Å². The van der Waals surface area contributed by atoms with Crippen LogP contribution >= 0.6 is 0 Å². The number of nitrogens with zero attached hydrogens (tertiary/aromatic N) is 3. The molecule has 3 heterocycles. The van der Waals surface area contributed by atoms with Crippen molar-refractivity contribution in [3.63, 3.8) is 0 Å². The number of hydrogen-bond acceptors (Lipinski definition) is 6. The first-order chi connectivity index (χ1) is 12.4. The molecule has 6 heteroatoms. The van der Waals surface area contributed by atoms with Gasteiger partial charge in [0.25, 0.3) is 0 Å². The molecule has 25 heavy (non-hydrogen) atoms. The lowest BCUT2D eigenvalue weighted by Crippen LogP contribution is -2.42. The molecule has 0 saturated carbocycles. The molecule has 2 aliphatic rings. The Morgan fingerprint density at radius 3 is 2.72 bits per heavy atom. The zero-order valence-electron chi connectivity index (χ0n) is 14.3. The van der Waals surface area contributed by atoms with E-state index in [4.69, 9.17) is 9.47 Å². The van der Waals surface area contributed by atoms with Crippen LogP contribution in [-0.4, -0.2) is 48.9 Å². The fourth-order valence-corrected chi connectivity index (χ4v) is 3.43. The van der Waals surface area contributed by atoms with Crippen LogP contribution in [0.5, 0.6) is 11.5 Å². The number of hydrogen-bond donors (Lipinski definition) is 1. The summed E-state index contributed by atoms with van der Waals surface area (Å²) in [6.07, 6.45) is 7.75. The number of piperidine rings is 1. The molecule has 0 bridgehead atoms. The quantitative estimate of drug-likeness (QED) is 0.900. The van der Waals surface area contributed by atoms with Gasteiger partial charge in [0.15, 0.2) is 11.5 Å². The van der Waals surface area contributed by atoms with E-state index >= 15 is 0 Å². The standard InChI is InChI=1S/C19H24N4O2/c1-2-4-18-17(3-1)24-14-16(25-18)12-21-11-15-5-9-23(10-6-15)19-13-20-7-8-22-19/h1-4,7-8,13,15-16,21H,5-6,9-12,14H2. The van der Waals surface area contributed by atoms with Gasteiger partial charge in [0.1, 0.15) is 18.5 Å². The van der Waals surface area contributed by atoms with Crippen LogP contribution in [0.4, 0.5) is 5.82 Å². The smallest absolute Gasteiger partial charge is 0.161 e. The summed E-state index contributed by atoms with van der Waals surface area (Å²) in [5.74, 6) is 3.37. The maximum atomic E-state index is 5.99. The Bertz CT molecular complexity index is 674. The van der Waals surface area contributed by atoms with Gasteiger partial charge in [-0.05, 0) is 37.4 Å². The van der Waals surface area contributed by atoms with Gasteiger partial charge in [-0.15, -0.1) is 0 Å². The molecule has 0 radical (unpaired) electrons. The average Bonchev–Trinajstić information content (AvgIpc) is 2.69. The molecule has 0 aliphatic carbocycles. The van der Waals surface area contributed by atoms with Crippen LogP contribution < -0.4 is 19.7 Å². The highest BCUT2D eigenvalue weighted by Crippen LogP contribution is 2.30. The van der Waals surface area contributed by atoms with E-state index in [0.717, 1.165) is 43.5 Å². The van der Waals surface area contributed by atoms with E-state index in [9.17, 15) is 0 Å². The van der Waals surface area contributed by atoms with E-state index in [1.807, 2.05) is 30.5 Å². The number of fused-ring (bicyclic) bond motifs is 1. The fraction of sp³-hybridized carbons (Fsp3) is 0.474. The Hall–Kier alpha value is -2.34. The summed E-state index contributed by atoms with van der Waals surface area (Å²) in [5, 5.41) is 3.56. The third-order valence-corrected chi connectivity index (χ3v) is 4.86. The summed E-state index contributed by atoms with van der Waals surface area (Å²) in [6.45, 7) is 4.53. The molecule has 132 valence electrons. The van der Waals surface area contributed by atoms with E-state index in [2.05, 4.69) is 20.2 Å². The van der Waals surface area contributed by atoms with Crippen LogP contribution in [0, 0.1) is 5.92 Å². The predicted octanol–water partition coefficient (Wildman–Crippen LogP) is 2.12. The largest absolute Gasteiger partial charge is 0.486 e. The molecule has 1 unspecified atom stereocenters. The summed E-state index contributed by atoms with van der Waals surface area (Å²) in [5.41, 5.74) is 0. The minimum Gasteiger partial charge on any atom is -0.486 e. The van der Waals surface area contributed by atoms with Crippen molar-refractivity contribution in [2.24, 2.45) is 5.92 Å². The van der Waals surface area contributed by atoms with E-state index in [1.165, 1.54) is 12.8 Å². The first-order valence-corrected chi connectivity index (χ1v) is 8.98. The third kappa shape index (κ3) is 4.02. The van der Waals surface area contributed by atoms with Crippen molar-refractivity contribution in [3.05, 3.63) is 42.9 Å². The highest BCUT2D eigenvalue weighted by atomic mass is 16.6. The van der Waals surface area contributed by atoms with Gasteiger partial charge in [-0.25, -0.2) is 4.98 Å². The van der Waals surface area contributed by atoms with Crippen molar-refractivity contribution in [3.8, 4) is 11.5 Å². The van der Waals surface area contributed by atoms with Gasteiger partial charge in [-0.2, -0.15) is 0 Å². The lowest BCUT2D eigenvalue weighted by atomic mass is 9.97. The summed E-state index contributed by atoms with van der Waals surface area (Å²) < 4.78 is 11.7. The predicted molar refractivity (Wildman–Crippen MR) is 96.2 cm³/mol. The Kier molecular flexibility index (Phi) is 4.97. The fourth-order valence-electron chi connectivity index (χ4n) is 3.43. The summed E-state index contributed by atoms with van der Waals surface area (Å²) >= 11 is 0. The summed E-state index contributed by atoms with van der Waals surface area (Å²) in [4.78, 5) is 10.9. The van der Waals surface area contributed by atoms with Gasteiger partial charge < -0.3 is 19.7 Å². The van der Waals surface area contributed by atoms with Gasteiger partial charge in [0, 0.05) is 32.0 Å². The van der Waals surface area contributed by atoms with E-state index in [-0.39, 0.29) is 6.10 Å². The van der Waals surface area contributed by atoms with Crippen LogP contribution in [-0.2, 0) is 0 Å². The summed E-state index contributed by atoms with van der Waals surface area (Å²) in [7, 11) is 0. The minimum absolute atomic E-state index is 0.0783. The van der Waals surface area contributed by atoms with Crippen LogP contribution in [0.2, 0.25) is 0 Å². The Morgan fingerprint density at radius 2 is 1.92 bits per heavy atom. The number of benzene rings is 1. The number of ether oxygens (including phenoxy) is 2. The van der Waals surface area contributed by atoms with Gasteiger partial charge >= 0.3 is 0 Å². The Labute approximate surface area is 148 Å². The van der Waals surface area contributed by atoms with Crippen LogP contribution in [0.3, 0.4) is 0 Å². The molecule has 0 amide bonds. The molecule has 1 saturated heterocycles. The van der Waals surface area contributed by atoms with Gasteiger partial charge in [0.2, 0.25) is 0 Å². The highest BCUT2D eigenvalue weighted by Gasteiger charge is 2.22. The van der Waals surface area contributed by atoms with Crippen molar-refractivity contribution in [2.75, 3.05) is 37.7 Å². The maximum absolute atomic E-state index is 5.99. The zero-order valence-corrected chi connectivity index (χ0v) is 14.3. The molecular weight excluding hydrogens is 316 g/mol. The molecule has 1 fully saturated rings. The van der Waals surface area contributed by atoms with Crippen LogP contribution in [0.25, 0.3) is 0 Å². The number of para-hydroxylation sites is 2. The lowest BCUT2D eigenvalue weighted by Gasteiger charge is -2.33. The number of rotatable bonds is 5. The van der Waals surface area contributed by atoms with Crippen molar-refractivity contribution >= 4 is 5.82 Å². The number of aromatic nitrogens is 2. The highest BCUT2D eigenvalue weighted by molar-refractivity contribution is 5.40. The summed E-state index contributed by atoms with van der Waals surface area (Å²) in [6, 6.07) is 7.85. The second-order valence-electron chi connectivity index (χ2n) is 6.65. The molecule has 1 aromatic carbocycles. The first kappa shape index (κ1) is 16.1. The topological polar surface area (TPSA) is 59.5 Å². The maximum Gasteiger partial charge on any atom is 0.161 e. The Balaban J connectivity index is 1.18. The molecule has 1 aromatic heterocycles. The normalized spacial score (nSPS) is 20.5. The van der Waals surface area contributed by atoms with Crippen LogP contribution in [0.15, 0.2) is 42.9 Å². The molecule has 1 atom stereocenters. The number of anilines is 1. The van der Waals surface area contributed by atoms with Gasteiger partial charge in [0.05, 0.1) is 6.20 Å². The van der Waals surface area contributed by atoms with E-state index in [0.29, 0.717) is 12.5 Å². The molecule has 2 aliphatic heterocycles. The zero-order chi connectivity index (χ0) is 16.9. The van der Waals surface area contributed by atoms with Crippen LogP contribution in [0.1, 0.15) is 12.8 Å². The monoisotopic (exact) mass is 340 g/mol. The molecule has 0 spiro atoms. The van der Waals surface area contributed by atoms with E-state index in [1.54, 1.807) is 12.4 Å². The molecular formula is C19H24N4O2. The van der Waals surface area contributed by atoms with Gasteiger partial charge in [-0.1, -0.05) is 12.1 Å². The third-order valence-electron chi connectivity index (χ3n) is 4.86. The average molecular weight is 340 g/mol. The Morgan fingerprint density at radius 1 is 1.08 bits per heavy atom. The molecule has 1 N–H and O–H groups in total. The molecule has 6 nitrogen and oxygen atoms in total. The second-order valence-corrected chi connectivity index (χ2v) is 6.65. The SMILES string of the molecule is c1ccc2c(c1)OCC(CNCC1CCN(c3cnccn3)CC1)O2. The second kappa shape index (κ2) is 7.70. The van der Waals surface area contributed by atoms with Crippen molar-refractivity contribution < 1.29 is 9.47 Å². The van der Waals surface area contributed by atoms with Gasteiger partial charge in [-0.3, -0.25) is 4.98 Å². The number of nitrogens with one attached hydrogen (secondary N) is 1. The van der Waals surface area contributed by atoms with Crippen molar-refractivity contribution in [1.29, 1.82) is 0 Å². The molecule has 4 rings (SSSR count). The lowest BCUT2D eigenvalue weighted by molar-refractivity contribution is 0.0894. The van der Waals surface area contributed by atoms with Crippen molar-refractivity contribution in [1.82, 2.24) is 15.3 Å². The first-order valence-electron chi connectivity index (χ1n) is 8.98. The minimum atomic E-state index is 0.0783.